The number of ketones is 1. The van der Waals surface area contributed by atoms with E-state index in [1.54, 1.807) is 18.0 Å². The molecule has 0 unspecified atom stereocenters. The van der Waals surface area contributed by atoms with Crippen LogP contribution in [0.5, 0.6) is 0 Å². The highest BCUT2D eigenvalue weighted by Crippen LogP contribution is 2.26. The summed E-state index contributed by atoms with van der Waals surface area (Å²) in [7, 11) is 1.73. The Hall–Kier alpha value is -2.13. The van der Waals surface area contributed by atoms with Crippen LogP contribution in [-0.4, -0.2) is 48.4 Å². The summed E-state index contributed by atoms with van der Waals surface area (Å²) in [5.41, 5.74) is 0.762. The summed E-state index contributed by atoms with van der Waals surface area (Å²) >= 11 is 0. The van der Waals surface area contributed by atoms with E-state index in [1.165, 1.54) is 6.92 Å². The highest BCUT2D eigenvalue weighted by molar-refractivity contribution is 5.91. The maximum absolute atomic E-state index is 12.2. The summed E-state index contributed by atoms with van der Waals surface area (Å²) in [6.07, 6.45) is 7.38. The zero-order valence-corrected chi connectivity index (χ0v) is 13.7. The number of amides is 1. The van der Waals surface area contributed by atoms with Crippen molar-refractivity contribution in [2.24, 2.45) is 11.8 Å². The van der Waals surface area contributed by atoms with E-state index < -0.39 is 0 Å². The number of hydrogen-bond acceptors (Lipinski definition) is 5. The van der Waals surface area contributed by atoms with Crippen molar-refractivity contribution < 1.29 is 14.1 Å². The number of piperidine rings is 1. The highest BCUT2D eigenvalue weighted by Gasteiger charge is 2.29. The van der Waals surface area contributed by atoms with Gasteiger partial charge in [-0.3, -0.25) is 9.59 Å². The zero-order valence-electron chi connectivity index (χ0n) is 13.7. The molecule has 0 spiro atoms. The maximum Gasteiger partial charge on any atom is 0.223 e. The molecule has 1 aliphatic heterocycles. The van der Waals surface area contributed by atoms with Crippen molar-refractivity contribution in [3.8, 4) is 12.3 Å². The van der Waals surface area contributed by atoms with Crippen LogP contribution in [0.2, 0.25) is 0 Å². The van der Waals surface area contributed by atoms with E-state index in [0.29, 0.717) is 19.4 Å². The molecule has 6 heteroatoms. The second-order valence-electron chi connectivity index (χ2n) is 6.11. The molecule has 0 bridgehead atoms. The molecule has 0 aromatic carbocycles. The van der Waals surface area contributed by atoms with Crippen LogP contribution < -0.4 is 5.32 Å². The van der Waals surface area contributed by atoms with Gasteiger partial charge in [-0.25, -0.2) is 0 Å². The summed E-state index contributed by atoms with van der Waals surface area (Å²) in [5.74, 6) is 3.28. The number of nitrogens with zero attached hydrogens (tertiary/aromatic N) is 2. The van der Waals surface area contributed by atoms with E-state index >= 15 is 0 Å². The standard InChI is InChI=1S/C17H23N3O3/c1-4-7-20(3)17(22)9-13-5-6-18-11-14(13)8-15-10-16(12(2)21)23-19-15/h1,10,13-14,18H,5-9,11H2,2-3H3/t13-,14+/m0/s1. The molecule has 2 atom stereocenters. The van der Waals surface area contributed by atoms with E-state index in [2.05, 4.69) is 16.4 Å². The van der Waals surface area contributed by atoms with E-state index in [-0.39, 0.29) is 29.3 Å². The number of carbonyl (C=O) groups is 2. The van der Waals surface area contributed by atoms with Crippen LogP contribution in [0.25, 0.3) is 0 Å². The third-order valence-corrected chi connectivity index (χ3v) is 4.33. The first-order chi connectivity index (χ1) is 11.0. The molecule has 1 aromatic rings. The summed E-state index contributed by atoms with van der Waals surface area (Å²) < 4.78 is 5.04. The van der Waals surface area contributed by atoms with Crippen molar-refractivity contribution in [2.45, 2.75) is 26.2 Å². The first-order valence-electron chi connectivity index (χ1n) is 7.86. The molecule has 124 valence electrons. The highest BCUT2D eigenvalue weighted by atomic mass is 16.5. The van der Waals surface area contributed by atoms with Gasteiger partial charge in [-0.2, -0.15) is 0 Å². The molecule has 1 aromatic heterocycles. The normalized spacial score (nSPS) is 20.7. The number of hydrogen-bond donors (Lipinski definition) is 1. The predicted octanol–water partition coefficient (Wildman–Crippen LogP) is 1.13. The van der Waals surface area contributed by atoms with E-state index in [1.807, 2.05) is 0 Å². The molecule has 1 aliphatic rings. The van der Waals surface area contributed by atoms with Gasteiger partial charge in [-0.1, -0.05) is 11.1 Å². The molecule has 1 saturated heterocycles. The van der Waals surface area contributed by atoms with Gasteiger partial charge in [0, 0.05) is 26.5 Å². The summed E-state index contributed by atoms with van der Waals surface area (Å²) in [4.78, 5) is 25.1. The molecular formula is C17H23N3O3. The van der Waals surface area contributed by atoms with Gasteiger partial charge in [-0.05, 0) is 37.8 Å². The quantitative estimate of drug-likeness (QED) is 0.629. The number of Topliss-reactive ketones (excluding diaryl/α,β-unsaturated/α-hetero) is 1. The lowest BCUT2D eigenvalue weighted by atomic mass is 9.81. The monoisotopic (exact) mass is 317 g/mol. The Morgan fingerprint density at radius 2 is 2.30 bits per heavy atom. The largest absolute Gasteiger partial charge is 0.353 e. The van der Waals surface area contributed by atoms with Gasteiger partial charge in [0.1, 0.15) is 0 Å². The molecule has 1 amide bonds. The second-order valence-corrected chi connectivity index (χ2v) is 6.11. The number of terminal acetylenes is 1. The average Bonchev–Trinajstić information content (AvgIpc) is 2.98. The van der Waals surface area contributed by atoms with Crippen molar-refractivity contribution >= 4 is 11.7 Å². The fourth-order valence-electron chi connectivity index (χ4n) is 2.93. The first kappa shape index (κ1) is 17.2. The lowest BCUT2D eigenvalue weighted by Gasteiger charge is -2.32. The molecule has 0 saturated carbocycles. The first-order valence-corrected chi connectivity index (χ1v) is 7.86. The van der Waals surface area contributed by atoms with Crippen molar-refractivity contribution in [3.63, 3.8) is 0 Å². The molecule has 6 nitrogen and oxygen atoms in total. The number of aromatic nitrogens is 1. The van der Waals surface area contributed by atoms with Gasteiger partial charge in [-0.15, -0.1) is 6.42 Å². The van der Waals surface area contributed by atoms with E-state index in [9.17, 15) is 9.59 Å². The SMILES string of the molecule is C#CCN(C)C(=O)C[C@@H]1CCNC[C@H]1Cc1cc(C(C)=O)on1. The Kier molecular flexibility index (Phi) is 5.94. The lowest BCUT2D eigenvalue weighted by molar-refractivity contribution is -0.131. The van der Waals surface area contributed by atoms with Crippen LogP contribution in [0.3, 0.4) is 0 Å². The summed E-state index contributed by atoms with van der Waals surface area (Å²) in [6, 6.07) is 1.69. The van der Waals surface area contributed by atoms with Gasteiger partial charge >= 0.3 is 0 Å². The fraction of sp³-hybridized carbons (Fsp3) is 0.588. The number of nitrogens with one attached hydrogen (secondary N) is 1. The van der Waals surface area contributed by atoms with Crippen molar-refractivity contribution in [1.82, 2.24) is 15.4 Å². The van der Waals surface area contributed by atoms with E-state index in [0.717, 1.165) is 25.2 Å². The summed E-state index contributed by atoms with van der Waals surface area (Å²) in [5, 5.41) is 7.32. The molecule has 23 heavy (non-hydrogen) atoms. The second kappa shape index (κ2) is 7.93. The van der Waals surface area contributed by atoms with Crippen LogP contribution in [0.1, 0.15) is 36.0 Å². The van der Waals surface area contributed by atoms with Crippen LogP contribution in [0.4, 0.5) is 0 Å². The van der Waals surface area contributed by atoms with Crippen molar-refractivity contribution in [3.05, 3.63) is 17.5 Å². The topological polar surface area (TPSA) is 75.4 Å². The summed E-state index contributed by atoms with van der Waals surface area (Å²) in [6.45, 7) is 3.53. The lowest BCUT2D eigenvalue weighted by Crippen LogP contribution is -2.40. The van der Waals surface area contributed by atoms with Crippen molar-refractivity contribution in [2.75, 3.05) is 26.7 Å². The van der Waals surface area contributed by atoms with Crippen LogP contribution in [0, 0.1) is 24.2 Å². The molecule has 2 rings (SSSR count). The minimum absolute atomic E-state index is 0.0735. The molecule has 1 fully saturated rings. The fourth-order valence-corrected chi connectivity index (χ4v) is 2.93. The molecule has 1 N–H and O–H groups in total. The molecule has 2 heterocycles. The van der Waals surface area contributed by atoms with Gasteiger partial charge in [0.2, 0.25) is 11.7 Å². The van der Waals surface area contributed by atoms with Crippen LogP contribution in [-0.2, 0) is 11.2 Å². The molecule has 0 radical (unpaired) electrons. The zero-order chi connectivity index (χ0) is 16.8. The number of carbonyl (C=O) groups excluding carboxylic acids is 2. The van der Waals surface area contributed by atoms with Gasteiger partial charge in [0.15, 0.2) is 5.78 Å². The minimum atomic E-state index is -0.131. The van der Waals surface area contributed by atoms with Gasteiger partial charge in [0.25, 0.3) is 0 Å². The number of rotatable bonds is 6. The average molecular weight is 317 g/mol. The third kappa shape index (κ3) is 4.67. The molecular weight excluding hydrogens is 294 g/mol. The van der Waals surface area contributed by atoms with Gasteiger partial charge in [0.05, 0.1) is 12.2 Å². The van der Waals surface area contributed by atoms with Crippen LogP contribution in [0.15, 0.2) is 10.6 Å². The Bertz CT molecular complexity index is 602. The Balaban J connectivity index is 1.99. The minimum Gasteiger partial charge on any atom is -0.353 e. The molecule has 0 aliphatic carbocycles. The smallest absolute Gasteiger partial charge is 0.223 e. The maximum atomic E-state index is 12.2. The third-order valence-electron chi connectivity index (χ3n) is 4.33. The Labute approximate surface area is 136 Å². The van der Waals surface area contributed by atoms with Gasteiger partial charge < -0.3 is 14.7 Å². The Morgan fingerprint density at radius 3 is 2.96 bits per heavy atom. The van der Waals surface area contributed by atoms with Crippen molar-refractivity contribution in [1.29, 1.82) is 0 Å². The Morgan fingerprint density at radius 1 is 1.52 bits per heavy atom. The predicted molar refractivity (Wildman–Crippen MR) is 85.8 cm³/mol. The van der Waals surface area contributed by atoms with Crippen LogP contribution >= 0.6 is 0 Å². The van der Waals surface area contributed by atoms with E-state index in [4.69, 9.17) is 10.9 Å².